The SMILES string of the molecule is CCCN1c2cc(OC)c(C=Nc3cccc(Cl)c3C)cc2C(C)=CC1(C)C. The Morgan fingerprint density at radius 2 is 1.96 bits per heavy atom. The molecule has 2 aromatic rings. The zero-order chi connectivity index (χ0) is 20.5. The number of fused-ring (bicyclic) bond motifs is 1. The molecule has 3 rings (SSSR count). The van der Waals surface area contributed by atoms with E-state index < -0.39 is 0 Å². The number of benzene rings is 2. The highest BCUT2D eigenvalue weighted by atomic mass is 35.5. The van der Waals surface area contributed by atoms with E-state index >= 15 is 0 Å². The molecule has 0 aromatic heterocycles. The molecular formula is C24H29ClN2O. The van der Waals surface area contributed by atoms with Gasteiger partial charge >= 0.3 is 0 Å². The highest BCUT2D eigenvalue weighted by Crippen LogP contribution is 2.42. The van der Waals surface area contributed by atoms with Crippen molar-refractivity contribution in [2.75, 3.05) is 18.6 Å². The van der Waals surface area contributed by atoms with Crippen molar-refractivity contribution in [1.29, 1.82) is 0 Å². The molecule has 1 aliphatic heterocycles. The zero-order valence-corrected chi connectivity index (χ0v) is 18.4. The van der Waals surface area contributed by atoms with Crippen LogP contribution in [-0.2, 0) is 0 Å². The summed E-state index contributed by atoms with van der Waals surface area (Å²) in [4.78, 5) is 7.14. The molecule has 0 bridgehead atoms. The van der Waals surface area contributed by atoms with Crippen LogP contribution in [0.15, 0.2) is 41.4 Å². The Balaban J connectivity index is 2.09. The quantitative estimate of drug-likeness (QED) is 0.518. The predicted octanol–water partition coefficient (Wildman–Crippen LogP) is 6.82. The summed E-state index contributed by atoms with van der Waals surface area (Å²) < 4.78 is 5.72. The molecule has 1 aliphatic rings. The van der Waals surface area contributed by atoms with Gasteiger partial charge in [-0.15, -0.1) is 0 Å². The third-order valence-electron chi connectivity index (χ3n) is 5.36. The highest BCUT2D eigenvalue weighted by molar-refractivity contribution is 6.31. The number of halogens is 1. The molecule has 3 nitrogen and oxygen atoms in total. The van der Waals surface area contributed by atoms with Gasteiger partial charge in [0.25, 0.3) is 0 Å². The first-order valence-electron chi connectivity index (χ1n) is 9.77. The summed E-state index contributed by atoms with van der Waals surface area (Å²) in [6.45, 7) is 11.9. The number of hydrogen-bond donors (Lipinski definition) is 0. The number of nitrogens with zero attached hydrogens (tertiary/aromatic N) is 2. The number of allylic oxidation sites excluding steroid dienone is 1. The summed E-state index contributed by atoms with van der Waals surface area (Å²) in [5, 5.41) is 0.725. The molecule has 28 heavy (non-hydrogen) atoms. The van der Waals surface area contributed by atoms with Crippen LogP contribution in [-0.4, -0.2) is 25.4 Å². The van der Waals surface area contributed by atoms with Crippen LogP contribution in [0.3, 0.4) is 0 Å². The van der Waals surface area contributed by atoms with E-state index in [1.54, 1.807) is 7.11 Å². The lowest BCUT2D eigenvalue weighted by Gasteiger charge is -2.43. The Morgan fingerprint density at radius 3 is 2.64 bits per heavy atom. The predicted molar refractivity (Wildman–Crippen MR) is 122 cm³/mol. The summed E-state index contributed by atoms with van der Waals surface area (Å²) in [6.07, 6.45) is 5.31. The van der Waals surface area contributed by atoms with E-state index in [1.807, 2.05) is 31.3 Å². The summed E-state index contributed by atoms with van der Waals surface area (Å²) in [5.41, 5.74) is 6.52. The van der Waals surface area contributed by atoms with Crippen molar-refractivity contribution in [2.24, 2.45) is 4.99 Å². The molecule has 2 aromatic carbocycles. The Kier molecular flexibility index (Phi) is 5.85. The number of hydrogen-bond acceptors (Lipinski definition) is 3. The van der Waals surface area contributed by atoms with E-state index in [1.165, 1.54) is 16.8 Å². The highest BCUT2D eigenvalue weighted by Gasteiger charge is 2.31. The lowest BCUT2D eigenvalue weighted by atomic mass is 9.87. The maximum Gasteiger partial charge on any atom is 0.129 e. The van der Waals surface area contributed by atoms with E-state index in [-0.39, 0.29) is 5.54 Å². The average Bonchev–Trinajstić information content (AvgIpc) is 2.65. The van der Waals surface area contributed by atoms with Gasteiger partial charge in [-0.25, -0.2) is 0 Å². The molecule has 0 radical (unpaired) electrons. The topological polar surface area (TPSA) is 24.8 Å². The number of ether oxygens (including phenoxy) is 1. The van der Waals surface area contributed by atoms with Crippen LogP contribution in [0, 0.1) is 6.92 Å². The standard InChI is InChI=1S/C24H29ClN2O/c1-7-11-27-22-13-23(28-6)18(12-19(22)16(2)14-24(27,4)5)15-26-21-10-8-9-20(25)17(21)3/h8-10,12-15H,7,11H2,1-6H3. The molecule has 148 valence electrons. The summed E-state index contributed by atoms with van der Waals surface area (Å²) >= 11 is 6.23. The van der Waals surface area contributed by atoms with Crippen LogP contribution in [0.2, 0.25) is 5.02 Å². The van der Waals surface area contributed by atoms with Crippen molar-refractivity contribution >= 4 is 34.8 Å². The van der Waals surface area contributed by atoms with Gasteiger partial charge in [-0.3, -0.25) is 4.99 Å². The second kappa shape index (κ2) is 8.00. The summed E-state index contributed by atoms with van der Waals surface area (Å²) in [6, 6.07) is 10.1. The van der Waals surface area contributed by atoms with E-state index in [0.717, 1.165) is 40.6 Å². The number of rotatable bonds is 5. The maximum absolute atomic E-state index is 6.23. The van der Waals surface area contributed by atoms with Gasteiger partial charge in [-0.05, 0) is 63.5 Å². The lowest BCUT2D eigenvalue weighted by molar-refractivity contribution is 0.413. The summed E-state index contributed by atoms with van der Waals surface area (Å²) in [5.74, 6) is 0.828. The minimum absolute atomic E-state index is 0.0222. The van der Waals surface area contributed by atoms with Crippen LogP contribution in [0.1, 0.15) is 50.8 Å². The van der Waals surface area contributed by atoms with Gasteiger partial charge in [0.2, 0.25) is 0 Å². The molecule has 0 atom stereocenters. The molecule has 0 unspecified atom stereocenters. The molecule has 0 spiro atoms. The molecule has 0 aliphatic carbocycles. The van der Waals surface area contributed by atoms with Crippen molar-refractivity contribution in [1.82, 2.24) is 0 Å². The number of aliphatic imine (C=N–C) groups is 1. The van der Waals surface area contributed by atoms with Gasteiger partial charge < -0.3 is 9.64 Å². The van der Waals surface area contributed by atoms with E-state index in [2.05, 4.69) is 55.8 Å². The third kappa shape index (κ3) is 3.81. The van der Waals surface area contributed by atoms with Crippen molar-refractivity contribution in [3.05, 3.63) is 58.1 Å². The Hall–Kier alpha value is -2.26. The second-order valence-corrected chi connectivity index (χ2v) is 8.29. The van der Waals surface area contributed by atoms with E-state index in [4.69, 9.17) is 16.3 Å². The minimum atomic E-state index is -0.0222. The second-order valence-electron chi connectivity index (χ2n) is 7.89. The number of methoxy groups -OCH3 is 1. The van der Waals surface area contributed by atoms with Crippen molar-refractivity contribution in [3.8, 4) is 5.75 Å². The van der Waals surface area contributed by atoms with Crippen LogP contribution in [0.25, 0.3) is 5.57 Å². The molecule has 1 heterocycles. The lowest BCUT2D eigenvalue weighted by Crippen LogP contribution is -2.45. The van der Waals surface area contributed by atoms with Crippen molar-refractivity contribution < 1.29 is 4.74 Å². The molecule has 0 fully saturated rings. The average molecular weight is 397 g/mol. The molecule has 0 amide bonds. The first-order valence-corrected chi connectivity index (χ1v) is 10.1. The van der Waals surface area contributed by atoms with Gasteiger partial charge in [-0.1, -0.05) is 30.7 Å². The molecule has 0 saturated heterocycles. The van der Waals surface area contributed by atoms with Crippen LogP contribution < -0.4 is 9.64 Å². The third-order valence-corrected chi connectivity index (χ3v) is 5.77. The fraction of sp³-hybridized carbons (Fsp3) is 0.375. The van der Waals surface area contributed by atoms with Crippen molar-refractivity contribution in [3.63, 3.8) is 0 Å². The Labute approximate surface area is 173 Å². The fourth-order valence-electron chi connectivity index (χ4n) is 3.91. The largest absolute Gasteiger partial charge is 0.496 e. The first kappa shape index (κ1) is 20.5. The van der Waals surface area contributed by atoms with E-state index in [9.17, 15) is 0 Å². The van der Waals surface area contributed by atoms with Crippen molar-refractivity contribution in [2.45, 2.75) is 46.6 Å². The van der Waals surface area contributed by atoms with E-state index in [0.29, 0.717) is 0 Å². The monoisotopic (exact) mass is 396 g/mol. The molecular weight excluding hydrogens is 368 g/mol. The fourth-order valence-corrected chi connectivity index (χ4v) is 4.08. The Bertz CT molecular complexity index is 944. The van der Waals surface area contributed by atoms with Crippen LogP contribution >= 0.6 is 11.6 Å². The van der Waals surface area contributed by atoms with Gasteiger partial charge in [0.1, 0.15) is 5.75 Å². The maximum atomic E-state index is 6.23. The molecule has 4 heteroatoms. The van der Waals surface area contributed by atoms with Gasteiger partial charge in [0.05, 0.1) is 18.3 Å². The van der Waals surface area contributed by atoms with Crippen LogP contribution in [0.4, 0.5) is 11.4 Å². The minimum Gasteiger partial charge on any atom is -0.496 e. The molecule has 0 N–H and O–H groups in total. The van der Waals surface area contributed by atoms with Gasteiger partial charge in [0, 0.05) is 40.7 Å². The smallest absolute Gasteiger partial charge is 0.129 e. The zero-order valence-electron chi connectivity index (χ0n) is 17.6. The summed E-state index contributed by atoms with van der Waals surface area (Å²) in [7, 11) is 1.71. The first-order chi connectivity index (χ1) is 13.3. The normalized spacial score (nSPS) is 15.5. The number of anilines is 1. The molecule has 0 saturated carbocycles. The van der Waals surface area contributed by atoms with Gasteiger partial charge in [0.15, 0.2) is 0 Å². The Morgan fingerprint density at radius 1 is 1.21 bits per heavy atom. The van der Waals surface area contributed by atoms with Gasteiger partial charge in [-0.2, -0.15) is 0 Å². The van der Waals surface area contributed by atoms with Crippen LogP contribution in [0.5, 0.6) is 5.75 Å².